The van der Waals surface area contributed by atoms with Gasteiger partial charge in [0.15, 0.2) is 5.82 Å². The molecular formula is C22H27ClN6. The Morgan fingerprint density at radius 2 is 2.07 bits per heavy atom. The molecule has 1 atom stereocenters. The van der Waals surface area contributed by atoms with Crippen LogP contribution in [0.2, 0.25) is 5.15 Å². The first-order valence-electron chi connectivity index (χ1n) is 10.2. The summed E-state index contributed by atoms with van der Waals surface area (Å²) in [6.45, 7) is 10.2. The van der Waals surface area contributed by atoms with Gasteiger partial charge in [0.25, 0.3) is 0 Å². The third-order valence-corrected chi connectivity index (χ3v) is 5.69. The Morgan fingerprint density at radius 3 is 2.79 bits per heavy atom. The van der Waals surface area contributed by atoms with E-state index in [1.54, 1.807) is 12.4 Å². The van der Waals surface area contributed by atoms with Gasteiger partial charge >= 0.3 is 0 Å². The Labute approximate surface area is 177 Å². The zero-order chi connectivity index (χ0) is 20.5. The number of aryl methyl sites for hydroxylation is 2. The third kappa shape index (κ3) is 3.99. The minimum atomic E-state index is 0.180. The highest BCUT2D eigenvalue weighted by Gasteiger charge is 2.33. The minimum Gasteiger partial charge on any atom is -0.349 e. The van der Waals surface area contributed by atoms with E-state index in [9.17, 15) is 0 Å². The fraction of sp³-hybridized carbons (Fsp3) is 0.455. The van der Waals surface area contributed by atoms with Crippen LogP contribution in [0.5, 0.6) is 0 Å². The molecule has 0 spiro atoms. The summed E-state index contributed by atoms with van der Waals surface area (Å²) in [6, 6.07) is 6.13. The molecule has 1 aliphatic heterocycles. The van der Waals surface area contributed by atoms with Crippen molar-refractivity contribution >= 4 is 17.4 Å². The molecule has 29 heavy (non-hydrogen) atoms. The average molecular weight is 411 g/mol. The largest absolute Gasteiger partial charge is 0.349 e. The van der Waals surface area contributed by atoms with Gasteiger partial charge in [0.05, 0.1) is 11.7 Å². The van der Waals surface area contributed by atoms with E-state index in [1.165, 1.54) is 0 Å². The number of halogens is 1. The molecule has 7 heteroatoms. The molecule has 1 unspecified atom stereocenters. The maximum atomic E-state index is 6.80. The summed E-state index contributed by atoms with van der Waals surface area (Å²) in [7, 11) is 0. The van der Waals surface area contributed by atoms with E-state index in [-0.39, 0.29) is 6.04 Å². The molecule has 6 nitrogen and oxygen atoms in total. The van der Waals surface area contributed by atoms with Gasteiger partial charge in [-0.15, -0.1) is 0 Å². The van der Waals surface area contributed by atoms with Gasteiger partial charge in [-0.05, 0) is 44.7 Å². The van der Waals surface area contributed by atoms with Crippen molar-refractivity contribution in [3.8, 4) is 11.4 Å². The SMILES string of the molecule is Cc1cc(N2CCCC2c2c(C)nn(CC(C)C)c2Cl)nc(-c2cccnc2)n1. The molecule has 0 saturated carbocycles. The molecule has 152 valence electrons. The smallest absolute Gasteiger partial charge is 0.163 e. The summed E-state index contributed by atoms with van der Waals surface area (Å²) in [5.74, 6) is 2.13. The van der Waals surface area contributed by atoms with Crippen molar-refractivity contribution in [2.75, 3.05) is 11.4 Å². The van der Waals surface area contributed by atoms with Crippen molar-refractivity contribution in [2.24, 2.45) is 5.92 Å². The molecule has 1 aliphatic rings. The number of rotatable bonds is 5. The highest BCUT2D eigenvalue weighted by atomic mass is 35.5. The lowest BCUT2D eigenvalue weighted by atomic mass is 10.1. The summed E-state index contributed by atoms with van der Waals surface area (Å²) in [5.41, 5.74) is 4.00. The van der Waals surface area contributed by atoms with E-state index >= 15 is 0 Å². The first-order valence-corrected chi connectivity index (χ1v) is 10.6. The Kier molecular flexibility index (Phi) is 5.54. The molecule has 4 rings (SSSR count). The van der Waals surface area contributed by atoms with Crippen molar-refractivity contribution in [3.63, 3.8) is 0 Å². The second-order valence-corrected chi connectivity index (χ2v) is 8.51. The normalized spacial score (nSPS) is 16.8. The molecule has 1 fully saturated rings. The molecule has 0 aliphatic carbocycles. The van der Waals surface area contributed by atoms with E-state index < -0.39 is 0 Å². The Bertz CT molecular complexity index is 998. The molecule has 4 heterocycles. The van der Waals surface area contributed by atoms with Crippen LogP contribution in [0.4, 0.5) is 5.82 Å². The van der Waals surface area contributed by atoms with Crippen molar-refractivity contribution in [1.82, 2.24) is 24.7 Å². The number of aromatic nitrogens is 5. The van der Waals surface area contributed by atoms with E-state index in [0.717, 1.165) is 59.4 Å². The molecular weight excluding hydrogens is 384 g/mol. The highest BCUT2D eigenvalue weighted by molar-refractivity contribution is 6.30. The van der Waals surface area contributed by atoms with Crippen LogP contribution in [0.15, 0.2) is 30.6 Å². The molecule has 0 bridgehead atoms. The van der Waals surface area contributed by atoms with Gasteiger partial charge in [0, 0.05) is 48.4 Å². The predicted molar refractivity (Wildman–Crippen MR) is 116 cm³/mol. The number of hydrogen-bond donors (Lipinski definition) is 0. The van der Waals surface area contributed by atoms with Crippen LogP contribution in [-0.4, -0.2) is 31.3 Å². The first kappa shape index (κ1) is 19.8. The zero-order valence-electron chi connectivity index (χ0n) is 17.4. The summed E-state index contributed by atoms with van der Waals surface area (Å²) >= 11 is 6.80. The van der Waals surface area contributed by atoms with Crippen LogP contribution in [0.3, 0.4) is 0 Å². The highest BCUT2D eigenvalue weighted by Crippen LogP contribution is 2.40. The van der Waals surface area contributed by atoms with Gasteiger partial charge in [0.1, 0.15) is 11.0 Å². The predicted octanol–water partition coefficient (Wildman–Crippen LogP) is 5.00. The molecule has 1 saturated heterocycles. The van der Waals surface area contributed by atoms with E-state index in [1.807, 2.05) is 23.7 Å². The van der Waals surface area contributed by atoms with Gasteiger partial charge in [-0.2, -0.15) is 5.10 Å². The van der Waals surface area contributed by atoms with Crippen LogP contribution in [-0.2, 0) is 6.54 Å². The maximum Gasteiger partial charge on any atom is 0.163 e. The lowest BCUT2D eigenvalue weighted by molar-refractivity contribution is 0.481. The maximum absolute atomic E-state index is 6.80. The molecule has 3 aromatic heterocycles. The van der Waals surface area contributed by atoms with Crippen LogP contribution in [0.25, 0.3) is 11.4 Å². The number of hydrogen-bond acceptors (Lipinski definition) is 5. The van der Waals surface area contributed by atoms with E-state index in [0.29, 0.717) is 11.7 Å². The number of nitrogens with zero attached hydrogens (tertiary/aromatic N) is 6. The van der Waals surface area contributed by atoms with Gasteiger partial charge in [-0.25, -0.2) is 9.97 Å². The third-order valence-electron chi connectivity index (χ3n) is 5.29. The lowest BCUT2D eigenvalue weighted by Gasteiger charge is -2.26. The fourth-order valence-electron chi connectivity index (χ4n) is 4.08. The summed E-state index contributed by atoms with van der Waals surface area (Å²) in [5, 5.41) is 5.48. The topological polar surface area (TPSA) is 59.7 Å². The Balaban J connectivity index is 1.72. The van der Waals surface area contributed by atoms with Crippen LogP contribution >= 0.6 is 11.6 Å². The molecule has 0 radical (unpaired) electrons. The second-order valence-electron chi connectivity index (χ2n) is 8.15. The molecule has 0 N–H and O–H groups in total. The molecule has 0 aromatic carbocycles. The van der Waals surface area contributed by atoms with Gasteiger partial charge in [-0.3, -0.25) is 9.67 Å². The standard InChI is InChI=1S/C22H27ClN6/c1-14(2)13-29-21(23)20(16(4)27-29)18-8-6-10-28(18)19-11-15(3)25-22(26-19)17-7-5-9-24-12-17/h5,7,9,11-12,14,18H,6,8,10,13H2,1-4H3. The van der Waals surface area contributed by atoms with Crippen molar-refractivity contribution in [1.29, 1.82) is 0 Å². The lowest BCUT2D eigenvalue weighted by Crippen LogP contribution is -2.24. The van der Waals surface area contributed by atoms with Gasteiger partial charge < -0.3 is 4.90 Å². The van der Waals surface area contributed by atoms with Crippen LogP contribution in [0.1, 0.15) is 49.7 Å². The average Bonchev–Trinajstić information content (AvgIpc) is 3.26. The van der Waals surface area contributed by atoms with E-state index in [2.05, 4.69) is 41.7 Å². The summed E-state index contributed by atoms with van der Waals surface area (Å²) in [6.07, 6.45) is 5.70. The fourth-order valence-corrected chi connectivity index (χ4v) is 4.45. The monoisotopic (exact) mass is 410 g/mol. The van der Waals surface area contributed by atoms with E-state index in [4.69, 9.17) is 21.7 Å². The second kappa shape index (κ2) is 8.11. The van der Waals surface area contributed by atoms with Gasteiger partial charge in [-0.1, -0.05) is 25.4 Å². The molecule has 3 aromatic rings. The summed E-state index contributed by atoms with van der Waals surface area (Å²) < 4.78 is 1.94. The number of anilines is 1. The minimum absolute atomic E-state index is 0.180. The van der Waals surface area contributed by atoms with Crippen molar-refractivity contribution in [2.45, 2.75) is 53.1 Å². The first-order chi connectivity index (χ1) is 13.9. The summed E-state index contributed by atoms with van der Waals surface area (Å²) in [4.78, 5) is 16.1. The van der Waals surface area contributed by atoms with Gasteiger partial charge in [0.2, 0.25) is 0 Å². The zero-order valence-corrected chi connectivity index (χ0v) is 18.2. The van der Waals surface area contributed by atoms with Crippen molar-refractivity contribution < 1.29 is 0 Å². The molecule has 0 amide bonds. The Morgan fingerprint density at radius 1 is 1.24 bits per heavy atom. The van der Waals surface area contributed by atoms with Crippen LogP contribution in [0, 0.1) is 19.8 Å². The number of pyridine rings is 1. The van der Waals surface area contributed by atoms with Crippen molar-refractivity contribution in [3.05, 3.63) is 52.7 Å². The van der Waals surface area contributed by atoms with Crippen LogP contribution < -0.4 is 4.90 Å². The quantitative estimate of drug-likeness (QED) is 0.592. The Hall–Kier alpha value is -2.47.